The third kappa shape index (κ3) is 6.39. The smallest absolute Gasteiger partial charge is 0.414 e. The maximum Gasteiger partial charge on any atom is 0.414 e. The molecule has 0 radical (unpaired) electrons. The maximum absolute atomic E-state index is 9.10. The summed E-state index contributed by atoms with van der Waals surface area (Å²) in [6, 6.07) is 6.17. The first-order valence-corrected chi connectivity index (χ1v) is 9.02. The molecule has 0 atom stereocenters. The Morgan fingerprint density at radius 2 is 1.79 bits per heavy atom. The summed E-state index contributed by atoms with van der Waals surface area (Å²) in [5.74, 6) is -1.96. The molecule has 1 aromatic carbocycles. The van der Waals surface area contributed by atoms with Crippen LogP contribution in [-0.2, 0) is 16.1 Å². The van der Waals surface area contributed by atoms with E-state index in [1.165, 1.54) is 5.56 Å². The summed E-state index contributed by atoms with van der Waals surface area (Å²) >= 11 is 5.38. The lowest BCUT2D eigenvalue weighted by Gasteiger charge is -2.36. The summed E-state index contributed by atoms with van der Waals surface area (Å²) in [6.07, 6.45) is 1.82. The molecule has 3 rings (SSSR count). The molecule has 0 amide bonds. The van der Waals surface area contributed by atoms with E-state index in [1.807, 2.05) is 12.1 Å². The zero-order valence-corrected chi connectivity index (χ0v) is 16.1. The van der Waals surface area contributed by atoms with Gasteiger partial charge in [0.1, 0.15) is 0 Å². The van der Waals surface area contributed by atoms with E-state index in [1.54, 1.807) is 0 Å². The minimum Gasteiger partial charge on any atom is -0.473 e. The maximum atomic E-state index is 9.10. The van der Waals surface area contributed by atoms with E-state index in [-0.39, 0.29) is 0 Å². The highest BCUT2D eigenvalue weighted by atomic mass is 32.1. The van der Waals surface area contributed by atoms with Crippen molar-refractivity contribution in [2.75, 3.05) is 39.5 Å². The molecule has 2 aliphatic rings. The molecule has 0 bridgehead atoms. The van der Waals surface area contributed by atoms with Crippen molar-refractivity contribution in [2.24, 2.45) is 0 Å². The van der Waals surface area contributed by atoms with Gasteiger partial charge in [-0.2, -0.15) is 0 Å². The van der Waals surface area contributed by atoms with Crippen LogP contribution < -0.4 is 14.8 Å². The van der Waals surface area contributed by atoms with Gasteiger partial charge in [0.2, 0.25) is 6.79 Å². The van der Waals surface area contributed by atoms with Gasteiger partial charge in [0.25, 0.3) is 0 Å². The molecule has 1 saturated heterocycles. The van der Waals surface area contributed by atoms with Crippen LogP contribution >= 0.6 is 12.2 Å². The second-order valence-corrected chi connectivity index (χ2v) is 6.42. The molecule has 152 valence electrons. The molecular weight excluding hydrogens is 386 g/mol. The number of hydrogen-bond donors (Lipinski definition) is 3. The summed E-state index contributed by atoms with van der Waals surface area (Å²) in [5.41, 5.74) is 1.25. The number of nitrogens with one attached hydrogen (secondary N) is 1. The van der Waals surface area contributed by atoms with E-state index in [0.717, 1.165) is 55.9 Å². The van der Waals surface area contributed by atoms with Crippen molar-refractivity contribution < 1.29 is 29.3 Å². The standard InChI is InChI=1S/C16H21N3O2S.C2H2O4/c1-2-5-17-16(22)19-8-6-18(7-9-19)11-13-3-4-14-15(10-13)21-12-20-14;3-1(4)2(5)6/h2-4,10H,1,5-9,11-12H2,(H,17,22);(H,3,4)(H,5,6). The monoisotopic (exact) mass is 409 g/mol. The fourth-order valence-electron chi connectivity index (χ4n) is 2.68. The van der Waals surface area contributed by atoms with Crippen LogP contribution in [0.1, 0.15) is 5.56 Å². The van der Waals surface area contributed by atoms with Gasteiger partial charge in [-0.3, -0.25) is 4.90 Å². The van der Waals surface area contributed by atoms with Gasteiger partial charge in [-0.05, 0) is 29.9 Å². The van der Waals surface area contributed by atoms with Crippen molar-refractivity contribution in [2.45, 2.75) is 6.54 Å². The number of benzene rings is 1. The second kappa shape index (κ2) is 10.5. The van der Waals surface area contributed by atoms with Crippen molar-refractivity contribution in [1.29, 1.82) is 0 Å². The molecule has 2 aliphatic heterocycles. The van der Waals surface area contributed by atoms with Crippen molar-refractivity contribution in [3.05, 3.63) is 36.4 Å². The first-order chi connectivity index (χ1) is 13.4. The van der Waals surface area contributed by atoms with Crippen LogP contribution in [-0.4, -0.2) is 76.6 Å². The van der Waals surface area contributed by atoms with Gasteiger partial charge in [0, 0.05) is 39.3 Å². The van der Waals surface area contributed by atoms with Crippen molar-refractivity contribution >= 4 is 29.3 Å². The normalized spacial score (nSPS) is 15.2. The summed E-state index contributed by atoms with van der Waals surface area (Å²) in [4.78, 5) is 22.9. The Labute approximate surface area is 168 Å². The predicted octanol–water partition coefficient (Wildman–Crippen LogP) is 0.749. The van der Waals surface area contributed by atoms with Crippen LogP contribution in [0, 0.1) is 0 Å². The molecule has 1 aromatic rings. The first kappa shape index (κ1) is 21.5. The zero-order valence-electron chi connectivity index (χ0n) is 15.3. The Balaban J connectivity index is 0.000000409. The molecule has 1 fully saturated rings. The first-order valence-electron chi connectivity index (χ1n) is 8.61. The number of carbonyl (C=O) groups is 2. The molecule has 0 unspecified atom stereocenters. The summed E-state index contributed by atoms with van der Waals surface area (Å²) in [6.45, 7) is 9.58. The third-order valence-corrected chi connectivity index (χ3v) is 4.49. The van der Waals surface area contributed by atoms with Crippen LogP contribution in [0.4, 0.5) is 0 Å². The largest absolute Gasteiger partial charge is 0.473 e. The average Bonchev–Trinajstić information content (AvgIpc) is 3.15. The fraction of sp³-hybridized carbons (Fsp3) is 0.389. The number of piperazine rings is 1. The lowest BCUT2D eigenvalue weighted by molar-refractivity contribution is -0.159. The average molecular weight is 409 g/mol. The Morgan fingerprint density at radius 3 is 2.39 bits per heavy atom. The van der Waals surface area contributed by atoms with E-state index in [0.29, 0.717) is 6.79 Å². The molecule has 2 heterocycles. The topological polar surface area (TPSA) is 112 Å². The van der Waals surface area contributed by atoms with Crippen LogP contribution in [0.15, 0.2) is 30.9 Å². The molecule has 9 nitrogen and oxygen atoms in total. The minimum absolute atomic E-state index is 0.326. The van der Waals surface area contributed by atoms with Crippen LogP contribution in [0.3, 0.4) is 0 Å². The van der Waals surface area contributed by atoms with Crippen molar-refractivity contribution in [3.63, 3.8) is 0 Å². The summed E-state index contributed by atoms with van der Waals surface area (Å²) < 4.78 is 10.8. The van der Waals surface area contributed by atoms with E-state index < -0.39 is 11.9 Å². The predicted molar refractivity (Wildman–Crippen MR) is 105 cm³/mol. The molecule has 28 heavy (non-hydrogen) atoms. The lowest BCUT2D eigenvalue weighted by Crippen LogP contribution is -2.51. The molecule has 0 spiro atoms. The Morgan fingerprint density at radius 1 is 1.14 bits per heavy atom. The summed E-state index contributed by atoms with van der Waals surface area (Å²) in [5, 5.41) is 18.8. The number of fused-ring (bicyclic) bond motifs is 1. The van der Waals surface area contributed by atoms with Gasteiger partial charge >= 0.3 is 11.9 Å². The van der Waals surface area contributed by atoms with Gasteiger partial charge in [0.05, 0.1) is 0 Å². The number of rotatable bonds is 4. The number of ether oxygens (including phenoxy) is 2. The zero-order chi connectivity index (χ0) is 20.5. The van der Waals surface area contributed by atoms with Gasteiger partial charge in [-0.1, -0.05) is 12.1 Å². The Kier molecular flexibility index (Phi) is 8.02. The van der Waals surface area contributed by atoms with Crippen molar-refractivity contribution in [3.8, 4) is 11.5 Å². The molecule has 3 N–H and O–H groups in total. The van der Waals surface area contributed by atoms with E-state index in [9.17, 15) is 0 Å². The number of hydrogen-bond acceptors (Lipinski definition) is 6. The molecular formula is C18H23N3O6S. The van der Waals surface area contributed by atoms with Gasteiger partial charge in [-0.25, -0.2) is 9.59 Å². The van der Waals surface area contributed by atoms with Gasteiger partial charge in [0.15, 0.2) is 16.6 Å². The molecule has 10 heteroatoms. The third-order valence-electron chi connectivity index (χ3n) is 4.08. The molecule has 0 aliphatic carbocycles. The number of carboxylic acids is 2. The quantitative estimate of drug-likeness (QED) is 0.374. The van der Waals surface area contributed by atoms with E-state index >= 15 is 0 Å². The SMILES string of the molecule is C=CCNC(=S)N1CCN(Cc2ccc3c(c2)OCO3)CC1.O=C(O)C(=O)O. The highest BCUT2D eigenvalue weighted by Gasteiger charge is 2.20. The Bertz CT molecular complexity index is 722. The van der Waals surface area contributed by atoms with E-state index in [2.05, 4.69) is 33.8 Å². The molecule has 0 aromatic heterocycles. The van der Waals surface area contributed by atoms with Crippen LogP contribution in [0.2, 0.25) is 0 Å². The number of aliphatic carboxylic acids is 2. The highest BCUT2D eigenvalue weighted by molar-refractivity contribution is 7.80. The van der Waals surface area contributed by atoms with Crippen molar-refractivity contribution in [1.82, 2.24) is 15.1 Å². The second-order valence-electron chi connectivity index (χ2n) is 6.04. The molecule has 0 saturated carbocycles. The number of carboxylic acid groups (broad SMARTS) is 2. The fourth-order valence-corrected chi connectivity index (χ4v) is 2.94. The van der Waals surface area contributed by atoms with Crippen LogP contribution in [0.25, 0.3) is 0 Å². The van der Waals surface area contributed by atoms with E-state index in [4.69, 9.17) is 41.5 Å². The van der Waals surface area contributed by atoms with Gasteiger partial charge < -0.3 is 29.9 Å². The van der Waals surface area contributed by atoms with Crippen LogP contribution in [0.5, 0.6) is 11.5 Å². The summed E-state index contributed by atoms with van der Waals surface area (Å²) in [7, 11) is 0. The lowest BCUT2D eigenvalue weighted by atomic mass is 10.1. The number of nitrogens with zero attached hydrogens (tertiary/aromatic N) is 2. The minimum atomic E-state index is -1.82. The Hall–Kier alpha value is -2.85. The number of thiocarbonyl (C=S) groups is 1. The van der Waals surface area contributed by atoms with Gasteiger partial charge in [-0.15, -0.1) is 6.58 Å². The highest BCUT2D eigenvalue weighted by Crippen LogP contribution is 2.32.